The summed E-state index contributed by atoms with van der Waals surface area (Å²) in [5.74, 6) is 0.509. The summed E-state index contributed by atoms with van der Waals surface area (Å²) in [6, 6.07) is 8.49. The molecule has 1 aliphatic heterocycles. The van der Waals surface area contributed by atoms with E-state index >= 15 is 0 Å². The maximum atomic E-state index is 12.6. The molecule has 2 amide bonds. The van der Waals surface area contributed by atoms with Crippen LogP contribution in [-0.2, 0) is 0 Å². The van der Waals surface area contributed by atoms with Crippen molar-refractivity contribution in [3.8, 4) is 0 Å². The Morgan fingerprint density at radius 3 is 2.81 bits per heavy atom. The molecule has 108 valence electrons. The third-order valence-corrected chi connectivity index (χ3v) is 3.49. The first kappa shape index (κ1) is 13.5. The van der Waals surface area contributed by atoms with Gasteiger partial charge in [0.2, 0.25) is 0 Å². The molecule has 0 aliphatic carbocycles. The number of imidazole rings is 1. The van der Waals surface area contributed by atoms with Gasteiger partial charge in [-0.2, -0.15) is 0 Å². The molecule has 1 aromatic heterocycles. The van der Waals surface area contributed by atoms with E-state index in [1.807, 2.05) is 12.3 Å². The summed E-state index contributed by atoms with van der Waals surface area (Å²) in [5, 5.41) is 2.57. The summed E-state index contributed by atoms with van der Waals surface area (Å²) in [4.78, 5) is 28.9. The van der Waals surface area contributed by atoms with Gasteiger partial charge >= 0.3 is 6.03 Å². The highest BCUT2D eigenvalue weighted by Crippen LogP contribution is 2.21. The molecule has 0 saturated heterocycles. The van der Waals surface area contributed by atoms with Crippen molar-refractivity contribution in [2.45, 2.75) is 0 Å². The molecule has 8 heteroatoms. The Balaban J connectivity index is 1.96. The number of hydrazine groups is 2. The summed E-state index contributed by atoms with van der Waals surface area (Å²) in [6.45, 7) is 0. The van der Waals surface area contributed by atoms with E-state index in [4.69, 9.17) is 0 Å². The fourth-order valence-electron chi connectivity index (χ4n) is 2.01. The van der Waals surface area contributed by atoms with Crippen LogP contribution < -0.4 is 5.43 Å². The fourth-order valence-corrected chi connectivity index (χ4v) is 2.48. The van der Waals surface area contributed by atoms with Gasteiger partial charge in [0.25, 0.3) is 5.91 Å². The van der Waals surface area contributed by atoms with Gasteiger partial charge in [0.05, 0.1) is 12.1 Å². The van der Waals surface area contributed by atoms with Crippen molar-refractivity contribution >= 4 is 29.5 Å². The van der Waals surface area contributed by atoms with Crippen LogP contribution in [0.25, 0.3) is 0 Å². The molecule has 0 spiro atoms. The lowest BCUT2D eigenvalue weighted by Crippen LogP contribution is -2.57. The number of fused-ring (bicyclic) bond motifs is 1. The van der Waals surface area contributed by atoms with Crippen LogP contribution in [0.2, 0.25) is 0 Å². The Kier molecular flexibility index (Phi) is 3.53. The Bertz CT molecular complexity index is 672. The minimum atomic E-state index is -0.320. The van der Waals surface area contributed by atoms with E-state index in [1.54, 1.807) is 24.3 Å². The molecule has 0 unspecified atom stereocenters. The predicted octanol–water partition coefficient (Wildman–Crippen LogP) is 1.87. The van der Waals surface area contributed by atoms with Crippen molar-refractivity contribution in [1.29, 1.82) is 0 Å². The van der Waals surface area contributed by atoms with E-state index in [0.29, 0.717) is 17.3 Å². The lowest BCUT2D eigenvalue weighted by Gasteiger charge is -2.38. The molecule has 0 atom stereocenters. The lowest BCUT2D eigenvalue weighted by atomic mass is 10.2. The second-order valence-corrected chi connectivity index (χ2v) is 5.18. The molecule has 7 nitrogen and oxygen atoms in total. The molecular weight excluding hydrogens is 290 g/mol. The maximum absolute atomic E-state index is 12.6. The highest BCUT2D eigenvalue weighted by atomic mass is 32.2. The Morgan fingerprint density at radius 1 is 1.33 bits per heavy atom. The van der Waals surface area contributed by atoms with Crippen molar-refractivity contribution in [2.24, 2.45) is 0 Å². The zero-order valence-corrected chi connectivity index (χ0v) is 12.1. The van der Waals surface area contributed by atoms with Crippen LogP contribution in [-0.4, -0.2) is 43.7 Å². The van der Waals surface area contributed by atoms with Crippen LogP contribution in [0.3, 0.4) is 0 Å². The van der Waals surface area contributed by atoms with Crippen LogP contribution in [0.1, 0.15) is 10.4 Å². The Labute approximate surface area is 125 Å². The van der Waals surface area contributed by atoms with Crippen LogP contribution in [0, 0.1) is 0 Å². The smallest absolute Gasteiger partial charge is 0.265 e. The fraction of sp³-hybridized carbons (Fsp3) is 0.154. The van der Waals surface area contributed by atoms with Gasteiger partial charge in [-0.1, -0.05) is 18.2 Å². The van der Waals surface area contributed by atoms with Gasteiger partial charge in [0.15, 0.2) is 5.82 Å². The standard InChI is InChI=1S/C13H13N5O2S/c1-21-9-17-13(20)16-8-14-7-11(16)15-18(17)12(19)10-5-3-2-4-6-10/h2-8,15H,9H2,1H3. The van der Waals surface area contributed by atoms with Crippen LogP contribution >= 0.6 is 11.8 Å². The van der Waals surface area contributed by atoms with Gasteiger partial charge < -0.3 is 0 Å². The van der Waals surface area contributed by atoms with Crippen LogP contribution in [0.5, 0.6) is 0 Å². The quantitative estimate of drug-likeness (QED) is 0.937. The van der Waals surface area contributed by atoms with E-state index in [0.717, 1.165) is 0 Å². The van der Waals surface area contributed by atoms with Crippen molar-refractivity contribution in [1.82, 2.24) is 19.7 Å². The number of thioether (sulfide) groups is 1. The topological polar surface area (TPSA) is 70.5 Å². The minimum Gasteiger partial charge on any atom is -0.265 e. The third kappa shape index (κ3) is 2.33. The first-order valence-electron chi connectivity index (χ1n) is 6.21. The number of hydrogen-bond acceptors (Lipinski definition) is 5. The minimum absolute atomic E-state index is 0.301. The van der Waals surface area contributed by atoms with Gasteiger partial charge in [-0.05, 0) is 18.4 Å². The summed E-state index contributed by atoms with van der Waals surface area (Å²) in [5.41, 5.74) is 3.41. The summed E-state index contributed by atoms with van der Waals surface area (Å²) >= 11 is 1.44. The maximum Gasteiger partial charge on any atom is 0.352 e. The molecule has 0 radical (unpaired) electrons. The van der Waals surface area contributed by atoms with Crippen LogP contribution in [0.4, 0.5) is 10.6 Å². The Hall–Kier alpha value is -2.48. The van der Waals surface area contributed by atoms with Crippen molar-refractivity contribution in [3.63, 3.8) is 0 Å². The molecule has 1 aromatic carbocycles. The van der Waals surface area contributed by atoms with E-state index in [-0.39, 0.29) is 11.9 Å². The zero-order chi connectivity index (χ0) is 14.8. The molecule has 0 saturated carbocycles. The highest BCUT2D eigenvalue weighted by Gasteiger charge is 2.34. The molecule has 1 aliphatic rings. The largest absolute Gasteiger partial charge is 0.352 e. The first-order chi connectivity index (χ1) is 10.2. The summed E-state index contributed by atoms with van der Waals surface area (Å²) < 4.78 is 1.37. The number of carbonyl (C=O) groups is 2. The van der Waals surface area contributed by atoms with Gasteiger partial charge in [-0.3, -0.25) is 10.2 Å². The number of aromatic nitrogens is 2. The molecule has 0 bridgehead atoms. The summed E-state index contributed by atoms with van der Waals surface area (Å²) in [6.07, 6.45) is 4.78. The molecule has 3 rings (SSSR count). The number of nitrogens with one attached hydrogen (secondary N) is 1. The molecule has 1 N–H and O–H groups in total. The van der Waals surface area contributed by atoms with Gasteiger partial charge in [-0.25, -0.2) is 19.4 Å². The zero-order valence-electron chi connectivity index (χ0n) is 11.3. The number of carbonyl (C=O) groups excluding carboxylic acids is 2. The highest BCUT2D eigenvalue weighted by molar-refractivity contribution is 7.98. The number of anilines is 1. The second-order valence-electron chi connectivity index (χ2n) is 4.34. The van der Waals surface area contributed by atoms with Crippen molar-refractivity contribution in [2.75, 3.05) is 17.6 Å². The molecule has 21 heavy (non-hydrogen) atoms. The molecule has 2 heterocycles. The first-order valence-corrected chi connectivity index (χ1v) is 7.61. The van der Waals surface area contributed by atoms with Crippen molar-refractivity contribution in [3.05, 3.63) is 48.4 Å². The number of nitrogens with zero attached hydrogens (tertiary/aromatic N) is 4. The van der Waals surface area contributed by atoms with Crippen molar-refractivity contribution < 1.29 is 9.59 Å². The predicted molar refractivity (Wildman–Crippen MR) is 79.5 cm³/mol. The van der Waals surface area contributed by atoms with Gasteiger partial charge in [-0.15, -0.1) is 16.9 Å². The van der Waals surface area contributed by atoms with Crippen LogP contribution in [0.15, 0.2) is 42.9 Å². The summed E-state index contributed by atoms with van der Waals surface area (Å²) in [7, 11) is 0. The molecule has 0 fully saturated rings. The average Bonchev–Trinajstić information content (AvgIpc) is 2.99. The van der Waals surface area contributed by atoms with E-state index in [1.165, 1.54) is 39.0 Å². The average molecular weight is 303 g/mol. The number of hydrogen-bond donors (Lipinski definition) is 1. The number of benzene rings is 1. The molecule has 2 aromatic rings. The number of amides is 2. The van der Waals surface area contributed by atoms with Gasteiger partial charge in [0.1, 0.15) is 6.33 Å². The van der Waals surface area contributed by atoms with E-state index in [9.17, 15) is 9.59 Å². The van der Waals surface area contributed by atoms with Gasteiger partial charge in [0, 0.05) is 5.56 Å². The van der Waals surface area contributed by atoms with E-state index < -0.39 is 0 Å². The Morgan fingerprint density at radius 2 is 2.10 bits per heavy atom. The SMILES string of the molecule is CSCN1C(=O)n2cncc2NN1C(=O)c1ccccc1. The normalized spacial score (nSPS) is 13.9. The third-order valence-electron chi connectivity index (χ3n) is 2.99. The second kappa shape index (κ2) is 5.49. The monoisotopic (exact) mass is 303 g/mol. The molecular formula is C13H13N5O2S. The lowest BCUT2D eigenvalue weighted by molar-refractivity contribution is 0.0306. The van der Waals surface area contributed by atoms with E-state index in [2.05, 4.69) is 10.4 Å². The number of rotatable bonds is 3.